The molecule has 2 aromatic rings. The molecule has 0 bridgehead atoms. The number of phenols is 1. The molecule has 0 aromatic heterocycles. The fourth-order valence-corrected chi connectivity index (χ4v) is 2.06. The van der Waals surface area contributed by atoms with Crippen LogP contribution in [0.4, 0.5) is 0 Å². The number of nitrogens with zero attached hydrogens (tertiary/aromatic N) is 1. The molecule has 0 aliphatic carbocycles. The van der Waals surface area contributed by atoms with Gasteiger partial charge in [-0.3, -0.25) is 14.8 Å². The van der Waals surface area contributed by atoms with E-state index in [9.17, 15) is 14.7 Å². The highest BCUT2D eigenvalue weighted by molar-refractivity contribution is 6.35. The van der Waals surface area contributed by atoms with E-state index in [4.69, 9.17) is 17.8 Å². The first kappa shape index (κ1) is 19.7. The van der Waals surface area contributed by atoms with Crippen LogP contribution in [0, 0.1) is 0 Å². The number of hydrazone groups is 1. The van der Waals surface area contributed by atoms with Gasteiger partial charge in [-0.15, -0.1) is 0 Å². The molecule has 2 aromatic carbocycles. The van der Waals surface area contributed by atoms with Crippen molar-refractivity contribution in [2.45, 2.75) is 0 Å². The molecule has 136 valence electrons. The van der Waals surface area contributed by atoms with E-state index in [0.29, 0.717) is 16.7 Å². The zero-order valence-electron chi connectivity index (χ0n) is 14.3. The highest BCUT2D eigenvalue weighted by Gasteiger charge is 2.06. The van der Waals surface area contributed by atoms with Crippen LogP contribution in [0.25, 0.3) is 6.08 Å². The van der Waals surface area contributed by atoms with Gasteiger partial charge < -0.3 is 9.84 Å². The summed E-state index contributed by atoms with van der Waals surface area (Å²) in [5, 5.41) is 21.9. The van der Waals surface area contributed by atoms with Gasteiger partial charge in [-0.2, -0.15) is 5.10 Å². The lowest BCUT2D eigenvalue weighted by Crippen LogP contribution is -2.18. The molecule has 2 rings (SSSR count). The molecule has 0 aliphatic rings. The minimum atomic E-state index is -0.656. The largest absolute Gasteiger partial charge is 0.504 e. The van der Waals surface area contributed by atoms with Crippen LogP contribution < -0.4 is 21.1 Å². The Bertz CT molecular complexity index is 895. The summed E-state index contributed by atoms with van der Waals surface area (Å²) in [5.41, 5.74) is 5.60. The second-order valence-corrected chi connectivity index (χ2v) is 5.28. The van der Waals surface area contributed by atoms with Crippen LogP contribution in [0.1, 0.15) is 21.5 Å². The number of hydrogen-bond donors (Lipinski definition) is 4. The molecule has 4 N–H and O–H groups in total. The van der Waals surface area contributed by atoms with Crippen LogP contribution in [-0.4, -0.2) is 43.3 Å². The Balaban J connectivity index is 2.02. The van der Waals surface area contributed by atoms with E-state index in [-0.39, 0.29) is 17.0 Å². The molecule has 0 fully saturated rings. The summed E-state index contributed by atoms with van der Waals surface area (Å²) < 4.78 is 4.99. The number of rotatable bonds is 6. The number of nitrogens with one attached hydrogen (secondary N) is 2. The number of amides is 2. The van der Waals surface area contributed by atoms with Gasteiger partial charge in [0, 0.05) is 11.6 Å². The fourth-order valence-electron chi connectivity index (χ4n) is 2.06. The number of aromatic hydroxyl groups is 1. The molecular weight excluding hydrogens is 349 g/mol. The average molecular weight is 365 g/mol. The third-order valence-electron chi connectivity index (χ3n) is 3.46. The summed E-state index contributed by atoms with van der Waals surface area (Å²) in [6.07, 6.45) is 3.96. The predicted octanol–water partition coefficient (Wildman–Crippen LogP) is 0.477. The summed E-state index contributed by atoms with van der Waals surface area (Å²) in [4.78, 5) is 23.0. The second kappa shape index (κ2) is 9.21. The number of phenolic OH excluding ortho intramolecular Hbond substituents is 1. The van der Waals surface area contributed by atoms with Crippen LogP contribution in [0.15, 0.2) is 47.6 Å². The van der Waals surface area contributed by atoms with E-state index in [1.807, 2.05) is 0 Å². The van der Waals surface area contributed by atoms with Gasteiger partial charge in [-0.1, -0.05) is 17.6 Å². The number of ether oxygens (including phenoxy) is 1. The van der Waals surface area contributed by atoms with E-state index in [0.717, 1.165) is 6.08 Å². The SMILES string of the molecule is [B]c1cc(O)c(OC)cc1/C=N/NC(=O)c1ccc(/C=C/C(=O)NO)cc1. The van der Waals surface area contributed by atoms with Crippen molar-refractivity contribution in [2.24, 2.45) is 5.10 Å². The third kappa shape index (κ3) is 5.45. The first-order valence-electron chi connectivity index (χ1n) is 7.66. The predicted molar refractivity (Wildman–Crippen MR) is 101 cm³/mol. The van der Waals surface area contributed by atoms with Gasteiger partial charge in [-0.25, -0.2) is 10.9 Å². The Morgan fingerprint density at radius 2 is 1.93 bits per heavy atom. The average Bonchev–Trinajstić information content (AvgIpc) is 2.68. The Labute approximate surface area is 156 Å². The smallest absolute Gasteiger partial charge is 0.271 e. The molecule has 27 heavy (non-hydrogen) atoms. The van der Waals surface area contributed by atoms with E-state index in [1.165, 1.54) is 37.0 Å². The Hall–Kier alpha value is -3.59. The molecule has 2 amide bonds. The highest BCUT2D eigenvalue weighted by atomic mass is 16.5. The van der Waals surface area contributed by atoms with Crippen molar-refractivity contribution in [1.29, 1.82) is 0 Å². The van der Waals surface area contributed by atoms with E-state index < -0.39 is 11.8 Å². The number of carbonyl (C=O) groups excluding carboxylic acids is 2. The van der Waals surface area contributed by atoms with E-state index in [1.54, 1.807) is 24.3 Å². The third-order valence-corrected chi connectivity index (χ3v) is 3.46. The maximum Gasteiger partial charge on any atom is 0.271 e. The lowest BCUT2D eigenvalue weighted by atomic mass is 9.90. The molecule has 9 heteroatoms. The Morgan fingerprint density at radius 3 is 2.56 bits per heavy atom. The van der Waals surface area contributed by atoms with Gasteiger partial charge in [0.1, 0.15) is 7.85 Å². The Morgan fingerprint density at radius 1 is 1.22 bits per heavy atom. The van der Waals surface area contributed by atoms with Crippen LogP contribution in [-0.2, 0) is 4.79 Å². The standard InChI is InChI=1S/C18H16BN3O5/c1-27-16-8-13(14(19)9-15(16)23)10-20-21-18(25)12-5-2-11(3-6-12)4-7-17(24)22-26/h2-10,23,26H,1H3,(H,21,25)(H,22,24)/b7-4+,20-10+. The molecule has 0 spiro atoms. The van der Waals surface area contributed by atoms with E-state index >= 15 is 0 Å². The van der Waals surface area contributed by atoms with E-state index in [2.05, 4.69) is 10.5 Å². The molecule has 0 atom stereocenters. The zero-order chi connectivity index (χ0) is 19.8. The maximum atomic E-state index is 12.1. The van der Waals surface area contributed by atoms with Crippen LogP contribution in [0.5, 0.6) is 11.5 Å². The molecule has 0 saturated heterocycles. The van der Waals surface area contributed by atoms with Crippen molar-refractivity contribution >= 4 is 37.4 Å². The summed E-state index contributed by atoms with van der Waals surface area (Å²) in [5.74, 6) is -0.965. The first-order valence-corrected chi connectivity index (χ1v) is 7.66. The summed E-state index contributed by atoms with van der Waals surface area (Å²) >= 11 is 0. The van der Waals surface area contributed by atoms with Gasteiger partial charge >= 0.3 is 0 Å². The summed E-state index contributed by atoms with van der Waals surface area (Å²) in [7, 11) is 7.19. The molecule has 2 radical (unpaired) electrons. The molecule has 0 aliphatic heterocycles. The van der Waals surface area contributed by atoms with Crippen molar-refractivity contribution < 1.29 is 24.6 Å². The van der Waals surface area contributed by atoms with Crippen LogP contribution >= 0.6 is 0 Å². The normalized spacial score (nSPS) is 10.9. The fraction of sp³-hybridized carbons (Fsp3) is 0.0556. The van der Waals surface area contributed by atoms with Crippen molar-refractivity contribution in [1.82, 2.24) is 10.9 Å². The van der Waals surface area contributed by atoms with Crippen LogP contribution in [0.2, 0.25) is 0 Å². The topological polar surface area (TPSA) is 120 Å². The molecule has 0 saturated carbocycles. The van der Waals surface area contributed by atoms with Gasteiger partial charge in [0.25, 0.3) is 11.8 Å². The molecule has 0 heterocycles. The molecular formula is C18H16BN3O5. The molecule has 8 nitrogen and oxygen atoms in total. The monoisotopic (exact) mass is 365 g/mol. The number of hydrogen-bond acceptors (Lipinski definition) is 6. The number of methoxy groups -OCH3 is 1. The first-order chi connectivity index (χ1) is 12.9. The molecule has 0 unspecified atom stereocenters. The van der Waals surface area contributed by atoms with Gasteiger partial charge in [-0.05, 0) is 41.5 Å². The quantitative estimate of drug-likeness (QED) is 0.195. The summed E-state index contributed by atoms with van der Waals surface area (Å²) in [6, 6.07) is 9.18. The van der Waals surface area contributed by atoms with Crippen LogP contribution in [0.3, 0.4) is 0 Å². The van der Waals surface area contributed by atoms with Crippen molar-refractivity contribution in [3.05, 3.63) is 59.2 Å². The Kier molecular flexibility index (Phi) is 6.73. The van der Waals surface area contributed by atoms with Crippen molar-refractivity contribution in [3.8, 4) is 11.5 Å². The van der Waals surface area contributed by atoms with Gasteiger partial charge in [0.2, 0.25) is 0 Å². The maximum absolute atomic E-state index is 12.1. The highest BCUT2D eigenvalue weighted by Crippen LogP contribution is 2.24. The zero-order valence-corrected chi connectivity index (χ0v) is 14.3. The lowest BCUT2D eigenvalue weighted by molar-refractivity contribution is -0.124. The minimum absolute atomic E-state index is 0.0956. The van der Waals surface area contributed by atoms with Gasteiger partial charge in [0.05, 0.1) is 13.3 Å². The van der Waals surface area contributed by atoms with Crippen molar-refractivity contribution in [2.75, 3.05) is 7.11 Å². The number of hydroxylamine groups is 1. The number of carbonyl (C=O) groups is 2. The van der Waals surface area contributed by atoms with Gasteiger partial charge in [0.15, 0.2) is 11.5 Å². The summed E-state index contributed by atoms with van der Waals surface area (Å²) in [6.45, 7) is 0. The second-order valence-electron chi connectivity index (χ2n) is 5.28. The number of benzene rings is 2. The minimum Gasteiger partial charge on any atom is -0.504 e. The van der Waals surface area contributed by atoms with Crippen molar-refractivity contribution in [3.63, 3.8) is 0 Å². The lowest BCUT2D eigenvalue weighted by Gasteiger charge is -2.07.